The van der Waals surface area contributed by atoms with Crippen LogP contribution in [0, 0.1) is 12.8 Å². The molecule has 0 aromatic heterocycles. The zero-order valence-corrected chi connectivity index (χ0v) is 23.0. The summed E-state index contributed by atoms with van der Waals surface area (Å²) < 4.78 is 26.4. The molecule has 0 saturated heterocycles. The van der Waals surface area contributed by atoms with E-state index >= 15 is 0 Å². The quantitative estimate of drug-likeness (QED) is 0.448. The molecule has 0 fully saturated rings. The maximum atomic E-state index is 13.7. The van der Waals surface area contributed by atoms with Gasteiger partial charge >= 0.3 is 0 Å². The Hall–Kier alpha value is -2.29. The summed E-state index contributed by atoms with van der Waals surface area (Å²) in [5.41, 5.74) is 1.71. The van der Waals surface area contributed by atoms with E-state index in [2.05, 4.69) is 5.32 Å². The van der Waals surface area contributed by atoms with Crippen LogP contribution >= 0.6 is 23.2 Å². The second-order valence-electron chi connectivity index (χ2n) is 8.88. The number of aryl methyl sites for hydroxylation is 1. The summed E-state index contributed by atoms with van der Waals surface area (Å²) >= 11 is 12.4. The Bertz CT molecular complexity index is 1160. The predicted molar refractivity (Wildman–Crippen MR) is 142 cm³/mol. The van der Waals surface area contributed by atoms with E-state index in [-0.39, 0.29) is 18.4 Å². The molecule has 2 amide bonds. The molecule has 2 aromatic carbocycles. The lowest BCUT2D eigenvalue weighted by molar-refractivity contribution is -0.140. The molecule has 0 heterocycles. The molecule has 0 radical (unpaired) electrons. The smallest absolute Gasteiger partial charge is 0.244 e. The van der Waals surface area contributed by atoms with Gasteiger partial charge in [-0.05, 0) is 48.6 Å². The Labute approximate surface area is 218 Å². The Balaban J connectivity index is 2.47. The number of rotatable bonds is 11. The van der Waals surface area contributed by atoms with Crippen molar-refractivity contribution in [1.82, 2.24) is 10.2 Å². The summed E-state index contributed by atoms with van der Waals surface area (Å²) in [6.45, 7) is 7.55. The average Bonchev–Trinajstić information content (AvgIpc) is 2.77. The van der Waals surface area contributed by atoms with Gasteiger partial charge in [0.1, 0.15) is 12.6 Å². The van der Waals surface area contributed by atoms with Crippen molar-refractivity contribution in [2.45, 2.75) is 46.7 Å². The molecule has 1 N–H and O–H groups in total. The predicted octanol–water partition coefficient (Wildman–Crippen LogP) is 4.65. The number of carbonyl (C=O) groups is 2. The highest BCUT2D eigenvalue weighted by Crippen LogP contribution is 2.26. The molecule has 1 atom stereocenters. The lowest BCUT2D eigenvalue weighted by Gasteiger charge is -2.33. The molecule has 2 rings (SSSR count). The normalized spacial score (nSPS) is 12.3. The van der Waals surface area contributed by atoms with Crippen molar-refractivity contribution in [3.05, 3.63) is 63.6 Å². The van der Waals surface area contributed by atoms with Crippen molar-refractivity contribution in [3.63, 3.8) is 0 Å². The van der Waals surface area contributed by atoms with Crippen LogP contribution in [-0.2, 0) is 26.2 Å². The minimum absolute atomic E-state index is 0.0216. The van der Waals surface area contributed by atoms with Crippen LogP contribution in [0.15, 0.2) is 42.5 Å². The number of nitrogens with one attached hydrogen (secondary N) is 1. The first kappa shape index (κ1) is 28.9. The van der Waals surface area contributed by atoms with Crippen molar-refractivity contribution in [1.29, 1.82) is 0 Å². The van der Waals surface area contributed by atoms with E-state index in [0.29, 0.717) is 39.8 Å². The fourth-order valence-corrected chi connectivity index (χ4v) is 4.99. The number of nitrogens with zero attached hydrogens (tertiary/aromatic N) is 2. The largest absolute Gasteiger partial charge is 0.354 e. The minimum atomic E-state index is -3.79. The first-order valence-corrected chi connectivity index (χ1v) is 14.0. The average molecular weight is 543 g/mol. The summed E-state index contributed by atoms with van der Waals surface area (Å²) in [5.74, 6) is -0.592. The van der Waals surface area contributed by atoms with Crippen LogP contribution in [0.2, 0.25) is 10.0 Å². The van der Waals surface area contributed by atoms with Gasteiger partial charge in [0.25, 0.3) is 0 Å². The molecule has 0 saturated carbocycles. The second kappa shape index (κ2) is 12.6. The minimum Gasteiger partial charge on any atom is -0.354 e. The van der Waals surface area contributed by atoms with Gasteiger partial charge in [-0.25, -0.2) is 8.42 Å². The molecule has 0 aliphatic heterocycles. The van der Waals surface area contributed by atoms with Crippen molar-refractivity contribution in [2.75, 3.05) is 23.7 Å². The van der Waals surface area contributed by atoms with Gasteiger partial charge in [-0.2, -0.15) is 0 Å². The first-order valence-electron chi connectivity index (χ1n) is 11.4. The standard InChI is InChI=1S/C25H33Cl2N3O4S/c1-6-22(25(32)28-14-17(2)3)29(15-19-11-12-20(26)13-21(19)27)24(31)16-30(35(5,33)34)23-10-8-7-9-18(23)4/h7-13,17,22H,6,14-16H2,1-5H3,(H,28,32). The van der Waals surface area contributed by atoms with Crippen molar-refractivity contribution in [3.8, 4) is 0 Å². The van der Waals surface area contributed by atoms with Crippen molar-refractivity contribution in [2.24, 2.45) is 5.92 Å². The van der Waals surface area contributed by atoms with Crippen LogP contribution in [0.3, 0.4) is 0 Å². The van der Waals surface area contributed by atoms with Crippen LogP contribution in [0.25, 0.3) is 0 Å². The number of carbonyl (C=O) groups excluding carboxylic acids is 2. The van der Waals surface area contributed by atoms with Crippen molar-refractivity contribution < 1.29 is 18.0 Å². The highest BCUT2D eigenvalue weighted by Gasteiger charge is 2.32. The molecule has 0 bridgehead atoms. The summed E-state index contributed by atoms with van der Waals surface area (Å²) in [5, 5.41) is 3.68. The maximum Gasteiger partial charge on any atom is 0.244 e. The molecule has 1 unspecified atom stereocenters. The Morgan fingerprint density at radius 3 is 2.29 bits per heavy atom. The summed E-state index contributed by atoms with van der Waals surface area (Å²) in [6, 6.07) is 11.0. The Kier molecular flexibility index (Phi) is 10.4. The molecule has 10 heteroatoms. The van der Waals surface area contributed by atoms with E-state index in [0.717, 1.165) is 10.6 Å². The summed E-state index contributed by atoms with van der Waals surface area (Å²) in [6.07, 6.45) is 1.39. The zero-order valence-electron chi connectivity index (χ0n) is 20.7. The third-order valence-corrected chi connectivity index (χ3v) is 7.20. The molecule has 192 valence electrons. The van der Waals surface area contributed by atoms with Crippen LogP contribution < -0.4 is 9.62 Å². The van der Waals surface area contributed by atoms with E-state index in [1.807, 2.05) is 13.8 Å². The number of amides is 2. The first-order chi connectivity index (χ1) is 16.3. The number of benzene rings is 2. The molecule has 0 spiro atoms. The fourth-order valence-electron chi connectivity index (χ4n) is 3.61. The molecule has 7 nitrogen and oxygen atoms in total. The SMILES string of the molecule is CCC(C(=O)NCC(C)C)N(Cc1ccc(Cl)cc1Cl)C(=O)CN(c1ccccc1C)S(C)(=O)=O. The zero-order chi connectivity index (χ0) is 26.3. The van der Waals surface area contributed by atoms with Crippen LogP contribution in [0.5, 0.6) is 0 Å². The number of hydrogen-bond acceptors (Lipinski definition) is 4. The highest BCUT2D eigenvalue weighted by molar-refractivity contribution is 7.92. The van der Waals surface area contributed by atoms with Crippen LogP contribution in [-0.4, -0.2) is 50.5 Å². The van der Waals surface area contributed by atoms with Crippen molar-refractivity contribution >= 4 is 50.7 Å². The fraction of sp³-hybridized carbons (Fsp3) is 0.440. The van der Waals surface area contributed by atoms with Gasteiger partial charge in [0.15, 0.2) is 0 Å². The molecular weight excluding hydrogens is 509 g/mol. The van der Waals surface area contributed by atoms with Gasteiger partial charge < -0.3 is 10.2 Å². The van der Waals surface area contributed by atoms with E-state index in [4.69, 9.17) is 23.2 Å². The number of halogens is 2. The molecule has 0 aliphatic rings. The van der Waals surface area contributed by atoms with E-state index in [9.17, 15) is 18.0 Å². The van der Waals surface area contributed by atoms with Gasteiger partial charge in [-0.15, -0.1) is 0 Å². The number of sulfonamides is 1. The molecule has 2 aromatic rings. The Morgan fingerprint density at radius 1 is 1.09 bits per heavy atom. The lowest BCUT2D eigenvalue weighted by atomic mass is 10.1. The van der Waals surface area contributed by atoms with Gasteiger partial charge in [0, 0.05) is 23.1 Å². The van der Waals surface area contributed by atoms with Crippen LogP contribution in [0.1, 0.15) is 38.3 Å². The third-order valence-electron chi connectivity index (χ3n) is 5.49. The third kappa shape index (κ3) is 8.12. The van der Waals surface area contributed by atoms with Gasteiger partial charge in [-0.1, -0.05) is 68.2 Å². The Morgan fingerprint density at radius 2 is 1.74 bits per heavy atom. The van der Waals surface area contributed by atoms with Gasteiger partial charge in [0.05, 0.1) is 11.9 Å². The maximum absolute atomic E-state index is 13.7. The monoisotopic (exact) mass is 541 g/mol. The van der Waals surface area contributed by atoms with E-state index in [1.54, 1.807) is 56.3 Å². The molecule has 35 heavy (non-hydrogen) atoms. The number of para-hydroxylation sites is 1. The van der Waals surface area contributed by atoms with E-state index in [1.165, 1.54) is 4.90 Å². The van der Waals surface area contributed by atoms with E-state index < -0.39 is 28.5 Å². The highest BCUT2D eigenvalue weighted by atomic mass is 35.5. The van der Waals surface area contributed by atoms with Gasteiger partial charge in [-0.3, -0.25) is 13.9 Å². The summed E-state index contributed by atoms with van der Waals surface area (Å²) in [7, 11) is -3.79. The number of anilines is 1. The van der Waals surface area contributed by atoms with Crippen LogP contribution in [0.4, 0.5) is 5.69 Å². The molecular formula is C25H33Cl2N3O4S. The second-order valence-corrected chi connectivity index (χ2v) is 11.6. The summed E-state index contributed by atoms with van der Waals surface area (Å²) in [4.78, 5) is 28.1. The number of hydrogen-bond donors (Lipinski definition) is 1. The molecule has 0 aliphatic carbocycles. The van der Waals surface area contributed by atoms with Gasteiger partial charge in [0.2, 0.25) is 21.8 Å². The lowest BCUT2D eigenvalue weighted by Crippen LogP contribution is -2.52. The topological polar surface area (TPSA) is 86.8 Å².